The average molecular weight is 404 g/mol. The molecule has 0 aliphatic carbocycles. The van der Waals surface area contributed by atoms with Gasteiger partial charge in [-0.3, -0.25) is 9.52 Å². The molecule has 0 spiro atoms. The number of sulfonamides is 1. The van der Waals surface area contributed by atoms with Crippen molar-refractivity contribution in [3.63, 3.8) is 0 Å². The molecule has 1 aliphatic rings. The summed E-state index contributed by atoms with van der Waals surface area (Å²) < 4.78 is 33.2. The van der Waals surface area contributed by atoms with Crippen molar-refractivity contribution in [3.05, 3.63) is 59.7 Å². The number of amides is 1. The van der Waals surface area contributed by atoms with Gasteiger partial charge in [0, 0.05) is 13.2 Å². The number of ether oxygens (including phenoxy) is 1. The third-order valence-electron chi connectivity index (χ3n) is 4.32. The van der Waals surface area contributed by atoms with Crippen LogP contribution in [0.2, 0.25) is 0 Å². The van der Waals surface area contributed by atoms with Gasteiger partial charge in [0.05, 0.1) is 27.8 Å². The number of aromatic carboxylic acids is 1. The Morgan fingerprint density at radius 3 is 2.64 bits per heavy atom. The number of para-hydroxylation sites is 1. The molecule has 1 fully saturated rings. The highest BCUT2D eigenvalue weighted by molar-refractivity contribution is 7.92. The predicted molar refractivity (Wildman–Crippen MR) is 102 cm³/mol. The van der Waals surface area contributed by atoms with E-state index in [0.29, 0.717) is 13.2 Å². The summed E-state index contributed by atoms with van der Waals surface area (Å²) in [7, 11) is -4.07. The molecule has 8 nitrogen and oxygen atoms in total. The summed E-state index contributed by atoms with van der Waals surface area (Å²) >= 11 is 0. The molecule has 1 saturated heterocycles. The molecule has 3 N–H and O–H groups in total. The van der Waals surface area contributed by atoms with Gasteiger partial charge in [-0.1, -0.05) is 18.2 Å². The molecule has 3 rings (SSSR count). The van der Waals surface area contributed by atoms with E-state index >= 15 is 0 Å². The molecular formula is C19H20N2O6S. The molecule has 1 unspecified atom stereocenters. The molecule has 0 bridgehead atoms. The molecule has 2 aromatic carbocycles. The van der Waals surface area contributed by atoms with Crippen molar-refractivity contribution >= 4 is 27.6 Å². The maximum atomic E-state index is 12.7. The number of carbonyl (C=O) groups is 2. The molecule has 1 heterocycles. The number of anilines is 1. The number of carboxylic acid groups (broad SMARTS) is 1. The zero-order chi connectivity index (χ0) is 20.1. The lowest BCUT2D eigenvalue weighted by molar-refractivity contribution is 0.0696. The van der Waals surface area contributed by atoms with Crippen LogP contribution in [0.5, 0.6) is 0 Å². The van der Waals surface area contributed by atoms with Gasteiger partial charge in [-0.05, 0) is 43.2 Å². The summed E-state index contributed by atoms with van der Waals surface area (Å²) in [6.07, 6.45) is 1.78. The molecule has 1 aliphatic heterocycles. The summed E-state index contributed by atoms with van der Waals surface area (Å²) in [6.45, 7) is 1.02. The van der Waals surface area contributed by atoms with Gasteiger partial charge >= 0.3 is 5.97 Å². The largest absolute Gasteiger partial charge is 0.478 e. The van der Waals surface area contributed by atoms with E-state index in [1.54, 1.807) is 12.1 Å². The third-order valence-corrected chi connectivity index (χ3v) is 5.68. The average Bonchev–Trinajstić information content (AvgIpc) is 3.20. The SMILES string of the molecule is O=C(O)c1cccc(S(=O)(=O)Nc2ccccc2C(=O)NCC2CCCO2)c1. The van der Waals surface area contributed by atoms with Crippen LogP contribution in [-0.4, -0.2) is 44.7 Å². The Labute approximate surface area is 162 Å². The lowest BCUT2D eigenvalue weighted by atomic mass is 10.1. The summed E-state index contributed by atoms with van der Waals surface area (Å²) in [4.78, 5) is 23.4. The molecule has 0 saturated carbocycles. The zero-order valence-corrected chi connectivity index (χ0v) is 15.7. The molecule has 148 valence electrons. The Balaban J connectivity index is 1.79. The van der Waals surface area contributed by atoms with Gasteiger partial charge < -0.3 is 15.2 Å². The van der Waals surface area contributed by atoms with Crippen molar-refractivity contribution < 1.29 is 27.9 Å². The van der Waals surface area contributed by atoms with Gasteiger partial charge in [-0.2, -0.15) is 0 Å². The van der Waals surface area contributed by atoms with Crippen LogP contribution in [0.3, 0.4) is 0 Å². The highest BCUT2D eigenvalue weighted by atomic mass is 32.2. The van der Waals surface area contributed by atoms with Crippen LogP contribution in [0.1, 0.15) is 33.6 Å². The minimum Gasteiger partial charge on any atom is -0.478 e. The lowest BCUT2D eigenvalue weighted by Crippen LogP contribution is -2.32. The lowest BCUT2D eigenvalue weighted by Gasteiger charge is -2.14. The van der Waals surface area contributed by atoms with Crippen molar-refractivity contribution in [2.24, 2.45) is 0 Å². The maximum Gasteiger partial charge on any atom is 0.335 e. The van der Waals surface area contributed by atoms with E-state index < -0.39 is 21.9 Å². The smallest absolute Gasteiger partial charge is 0.335 e. The molecule has 0 radical (unpaired) electrons. The Morgan fingerprint density at radius 1 is 1.14 bits per heavy atom. The van der Waals surface area contributed by atoms with E-state index in [2.05, 4.69) is 10.0 Å². The number of carbonyl (C=O) groups excluding carboxylic acids is 1. The molecule has 9 heteroatoms. The fourth-order valence-electron chi connectivity index (χ4n) is 2.88. The first-order valence-electron chi connectivity index (χ1n) is 8.72. The minimum atomic E-state index is -4.07. The van der Waals surface area contributed by atoms with Gasteiger partial charge in [0.1, 0.15) is 0 Å². The van der Waals surface area contributed by atoms with Gasteiger partial charge in [-0.15, -0.1) is 0 Å². The van der Waals surface area contributed by atoms with Gasteiger partial charge in [0.2, 0.25) is 0 Å². The summed E-state index contributed by atoms with van der Waals surface area (Å²) in [6, 6.07) is 11.2. The van der Waals surface area contributed by atoms with Gasteiger partial charge in [-0.25, -0.2) is 13.2 Å². The van der Waals surface area contributed by atoms with Crippen LogP contribution in [0.4, 0.5) is 5.69 Å². The fraction of sp³-hybridized carbons (Fsp3) is 0.263. The van der Waals surface area contributed by atoms with Gasteiger partial charge in [0.15, 0.2) is 0 Å². The first kappa shape index (κ1) is 19.8. The fourth-order valence-corrected chi connectivity index (χ4v) is 4.00. The predicted octanol–water partition coefficient (Wildman–Crippen LogP) is 2.09. The standard InChI is InChI=1S/C19H20N2O6S/c22-18(20-12-14-6-4-10-27-14)16-8-1-2-9-17(16)21-28(25,26)15-7-3-5-13(11-15)19(23)24/h1-3,5,7-9,11,14,21H,4,6,10,12H2,(H,20,22)(H,23,24). The van der Waals surface area contributed by atoms with E-state index in [-0.39, 0.29) is 27.8 Å². The number of hydrogen-bond acceptors (Lipinski definition) is 5. The van der Waals surface area contributed by atoms with E-state index in [9.17, 15) is 18.0 Å². The number of benzene rings is 2. The Kier molecular flexibility index (Phi) is 5.96. The summed E-state index contributed by atoms with van der Waals surface area (Å²) in [5, 5.41) is 11.8. The molecule has 0 aromatic heterocycles. The quantitative estimate of drug-likeness (QED) is 0.650. The topological polar surface area (TPSA) is 122 Å². The van der Waals surface area contributed by atoms with Crippen molar-refractivity contribution in [1.29, 1.82) is 0 Å². The second kappa shape index (κ2) is 8.41. The Bertz CT molecular complexity index is 983. The molecule has 28 heavy (non-hydrogen) atoms. The van der Waals surface area contributed by atoms with E-state index in [0.717, 1.165) is 18.9 Å². The van der Waals surface area contributed by atoms with Crippen LogP contribution < -0.4 is 10.0 Å². The number of nitrogens with one attached hydrogen (secondary N) is 2. The normalized spacial score (nSPS) is 16.5. The molecule has 2 aromatic rings. The summed E-state index contributed by atoms with van der Waals surface area (Å²) in [5.74, 6) is -1.65. The number of carboxylic acids is 1. The van der Waals surface area contributed by atoms with Crippen LogP contribution in [0.25, 0.3) is 0 Å². The third kappa shape index (κ3) is 4.68. The molecule has 1 amide bonds. The van der Waals surface area contributed by atoms with Crippen molar-refractivity contribution in [2.45, 2.75) is 23.8 Å². The number of rotatable bonds is 7. The minimum absolute atomic E-state index is 0.0356. The van der Waals surface area contributed by atoms with Gasteiger partial charge in [0.25, 0.3) is 15.9 Å². The first-order chi connectivity index (χ1) is 13.4. The van der Waals surface area contributed by atoms with E-state index in [1.165, 1.54) is 30.3 Å². The van der Waals surface area contributed by atoms with Crippen molar-refractivity contribution in [1.82, 2.24) is 5.32 Å². The monoisotopic (exact) mass is 404 g/mol. The molecular weight excluding hydrogens is 384 g/mol. The van der Waals surface area contributed by atoms with Crippen LogP contribution >= 0.6 is 0 Å². The highest BCUT2D eigenvalue weighted by Gasteiger charge is 2.21. The van der Waals surface area contributed by atoms with Crippen LogP contribution in [-0.2, 0) is 14.8 Å². The summed E-state index contributed by atoms with van der Waals surface area (Å²) in [5.41, 5.74) is 0.122. The van der Waals surface area contributed by atoms with Crippen molar-refractivity contribution in [3.8, 4) is 0 Å². The second-order valence-electron chi connectivity index (χ2n) is 6.33. The van der Waals surface area contributed by atoms with E-state index in [4.69, 9.17) is 9.84 Å². The second-order valence-corrected chi connectivity index (χ2v) is 8.01. The number of hydrogen-bond donors (Lipinski definition) is 3. The first-order valence-corrected chi connectivity index (χ1v) is 10.2. The zero-order valence-electron chi connectivity index (χ0n) is 14.9. The maximum absolute atomic E-state index is 12.7. The van der Waals surface area contributed by atoms with Crippen molar-refractivity contribution in [2.75, 3.05) is 17.9 Å². The molecule has 1 atom stereocenters. The van der Waals surface area contributed by atoms with E-state index in [1.807, 2.05) is 0 Å². The Morgan fingerprint density at radius 2 is 1.93 bits per heavy atom. The van der Waals surface area contributed by atoms with Crippen LogP contribution in [0.15, 0.2) is 53.4 Å². The highest BCUT2D eigenvalue weighted by Crippen LogP contribution is 2.21. The van der Waals surface area contributed by atoms with Crippen LogP contribution in [0, 0.1) is 0 Å². The Hall–Kier alpha value is -2.91.